The molecule has 4 heteroatoms. The smallest absolute Gasteiger partial charge is 0.244 e. The molecule has 0 spiro atoms. The Morgan fingerprint density at radius 1 is 0.906 bits per heavy atom. The Bertz CT molecular complexity index is 891. The summed E-state index contributed by atoms with van der Waals surface area (Å²) in [6.07, 6.45) is 1.86. The average molecular weight is 436 g/mol. The Morgan fingerprint density at radius 3 is 1.94 bits per heavy atom. The minimum atomic E-state index is -0.517. The van der Waals surface area contributed by atoms with Crippen LogP contribution in [0.25, 0.3) is 0 Å². The summed E-state index contributed by atoms with van der Waals surface area (Å²) in [6, 6.07) is 18.5. The van der Waals surface area contributed by atoms with Gasteiger partial charge in [-0.3, -0.25) is 9.69 Å². The van der Waals surface area contributed by atoms with Crippen LogP contribution in [0.3, 0.4) is 0 Å². The van der Waals surface area contributed by atoms with Crippen LogP contribution in [-0.2, 0) is 17.6 Å². The summed E-state index contributed by atoms with van der Waals surface area (Å²) in [5, 5.41) is 0. The summed E-state index contributed by atoms with van der Waals surface area (Å²) in [5.74, 6) is 0.199. The van der Waals surface area contributed by atoms with E-state index < -0.39 is 5.54 Å². The molecule has 3 rings (SSSR count). The van der Waals surface area contributed by atoms with Crippen molar-refractivity contribution in [2.75, 3.05) is 18.5 Å². The zero-order chi connectivity index (χ0) is 23.6. The third-order valence-electron chi connectivity index (χ3n) is 7.00. The Labute approximate surface area is 195 Å². The number of amides is 1. The molecular formula is C28H41N3O. The second-order valence-electron chi connectivity index (χ2n) is 10.1. The second kappa shape index (κ2) is 9.66. The highest BCUT2D eigenvalue weighted by Gasteiger charge is 2.49. The minimum Gasteiger partial charge on any atom is -0.367 e. The summed E-state index contributed by atoms with van der Waals surface area (Å²) in [6.45, 7) is 15.9. The molecule has 32 heavy (non-hydrogen) atoms. The minimum absolute atomic E-state index is 0.0481. The average Bonchev–Trinajstić information content (AvgIpc) is 2.92. The molecule has 1 atom stereocenters. The zero-order valence-corrected chi connectivity index (χ0v) is 21.2. The maximum absolute atomic E-state index is 13.4. The van der Waals surface area contributed by atoms with E-state index in [1.54, 1.807) is 0 Å². The van der Waals surface area contributed by atoms with Crippen LogP contribution in [-0.4, -0.2) is 46.9 Å². The summed E-state index contributed by atoms with van der Waals surface area (Å²) in [4.78, 5) is 20.1. The van der Waals surface area contributed by atoms with Crippen molar-refractivity contribution in [1.82, 2.24) is 9.80 Å². The Balaban J connectivity index is 1.85. The lowest BCUT2D eigenvalue weighted by molar-refractivity contribution is -0.132. The zero-order valence-electron chi connectivity index (χ0n) is 21.2. The Morgan fingerprint density at radius 2 is 1.44 bits per heavy atom. The topological polar surface area (TPSA) is 26.8 Å². The van der Waals surface area contributed by atoms with Crippen LogP contribution in [0.2, 0.25) is 0 Å². The lowest BCUT2D eigenvalue weighted by Crippen LogP contribution is -2.41. The van der Waals surface area contributed by atoms with Crippen molar-refractivity contribution in [3.63, 3.8) is 0 Å². The molecule has 0 radical (unpaired) electrons. The Kier molecular flexibility index (Phi) is 7.34. The highest BCUT2D eigenvalue weighted by atomic mass is 16.2. The molecule has 4 nitrogen and oxygen atoms in total. The van der Waals surface area contributed by atoms with E-state index in [4.69, 9.17) is 0 Å². The van der Waals surface area contributed by atoms with Crippen LogP contribution in [0, 0.1) is 0 Å². The summed E-state index contributed by atoms with van der Waals surface area (Å²) < 4.78 is 0. The number of carbonyl (C=O) groups is 1. The van der Waals surface area contributed by atoms with Crippen molar-refractivity contribution in [2.24, 2.45) is 0 Å². The summed E-state index contributed by atoms with van der Waals surface area (Å²) in [7, 11) is 2.07. The fourth-order valence-corrected chi connectivity index (χ4v) is 4.96. The van der Waals surface area contributed by atoms with Crippen molar-refractivity contribution >= 4 is 11.6 Å². The van der Waals surface area contributed by atoms with Gasteiger partial charge < -0.3 is 9.80 Å². The summed E-state index contributed by atoms with van der Waals surface area (Å²) >= 11 is 0. The van der Waals surface area contributed by atoms with E-state index in [-0.39, 0.29) is 12.1 Å². The van der Waals surface area contributed by atoms with Crippen LogP contribution in [0.15, 0.2) is 48.5 Å². The first kappa shape index (κ1) is 24.3. The van der Waals surface area contributed by atoms with E-state index >= 15 is 0 Å². The number of aryl methyl sites for hydroxylation is 1. The largest absolute Gasteiger partial charge is 0.367 e. The SMILES string of the molecule is CCc1ccc(CCN2C(=O)C(C)(C)N(C)C2c2ccc(N(C(C)C)C(C)C)cc2)cc1. The maximum Gasteiger partial charge on any atom is 0.244 e. The van der Waals surface area contributed by atoms with Crippen LogP contribution in [0.4, 0.5) is 5.69 Å². The fourth-order valence-electron chi connectivity index (χ4n) is 4.96. The lowest BCUT2D eigenvalue weighted by atomic mass is 10.0. The van der Waals surface area contributed by atoms with Gasteiger partial charge in [0, 0.05) is 24.3 Å². The van der Waals surface area contributed by atoms with Crippen LogP contribution >= 0.6 is 0 Å². The van der Waals surface area contributed by atoms with Gasteiger partial charge in [0.2, 0.25) is 5.91 Å². The van der Waals surface area contributed by atoms with Gasteiger partial charge in [0.1, 0.15) is 6.17 Å². The maximum atomic E-state index is 13.4. The third kappa shape index (κ3) is 4.71. The fraction of sp³-hybridized carbons (Fsp3) is 0.536. The number of benzene rings is 2. The van der Waals surface area contributed by atoms with Crippen molar-refractivity contribution in [3.05, 3.63) is 65.2 Å². The first-order valence-corrected chi connectivity index (χ1v) is 12.1. The molecule has 0 N–H and O–H groups in total. The molecule has 0 saturated carbocycles. The van der Waals surface area contributed by atoms with E-state index in [1.807, 2.05) is 13.8 Å². The third-order valence-corrected chi connectivity index (χ3v) is 7.00. The number of anilines is 1. The van der Waals surface area contributed by atoms with E-state index in [0.717, 1.165) is 12.8 Å². The van der Waals surface area contributed by atoms with Crippen LogP contribution in [0.1, 0.15) is 71.3 Å². The predicted molar refractivity (Wildman–Crippen MR) is 135 cm³/mol. The van der Waals surface area contributed by atoms with Gasteiger partial charge in [0.05, 0.1) is 5.54 Å². The molecule has 0 aliphatic carbocycles. The number of rotatable bonds is 8. The Hall–Kier alpha value is -2.33. The number of carbonyl (C=O) groups excluding carboxylic acids is 1. The highest BCUT2D eigenvalue weighted by Crippen LogP contribution is 2.39. The molecule has 1 aliphatic rings. The van der Waals surface area contributed by atoms with Gasteiger partial charge in [-0.1, -0.05) is 43.3 Å². The lowest BCUT2D eigenvalue weighted by Gasteiger charge is -2.34. The molecular weight excluding hydrogens is 394 g/mol. The highest BCUT2D eigenvalue weighted by molar-refractivity contribution is 5.88. The predicted octanol–water partition coefficient (Wildman–Crippen LogP) is 5.67. The van der Waals surface area contributed by atoms with Gasteiger partial charge in [-0.05, 0) is 90.3 Å². The number of hydrogen-bond donors (Lipinski definition) is 0. The standard InChI is InChI=1S/C28H41N3O/c1-9-22-10-12-23(13-11-22)18-19-30-26(29(8)28(6,7)27(30)32)24-14-16-25(17-15-24)31(20(2)3)21(4)5/h10-17,20-21,26H,9,18-19H2,1-8H3. The van der Waals surface area contributed by atoms with Gasteiger partial charge in [-0.15, -0.1) is 0 Å². The van der Waals surface area contributed by atoms with Crippen molar-refractivity contribution in [2.45, 2.75) is 85.1 Å². The molecule has 1 saturated heterocycles. The molecule has 1 amide bonds. The quantitative estimate of drug-likeness (QED) is 0.535. The van der Waals surface area contributed by atoms with Crippen molar-refractivity contribution < 1.29 is 4.79 Å². The molecule has 2 aromatic rings. The second-order valence-corrected chi connectivity index (χ2v) is 10.1. The van der Waals surface area contributed by atoms with E-state index in [2.05, 4.69) is 105 Å². The van der Waals surface area contributed by atoms with Gasteiger partial charge in [0.25, 0.3) is 0 Å². The monoisotopic (exact) mass is 435 g/mol. The summed E-state index contributed by atoms with van der Waals surface area (Å²) in [5.41, 5.74) is 4.51. The molecule has 0 bridgehead atoms. The van der Waals surface area contributed by atoms with Crippen molar-refractivity contribution in [1.29, 1.82) is 0 Å². The van der Waals surface area contributed by atoms with E-state index in [1.165, 1.54) is 22.4 Å². The molecule has 1 unspecified atom stereocenters. The van der Waals surface area contributed by atoms with E-state index in [0.29, 0.717) is 18.6 Å². The number of likely N-dealkylation sites (N-methyl/N-ethyl adjacent to an activating group) is 1. The molecule has 2 aromatic carbocycles. The molecule has 0 aromatic heterocycles. The van der Waals surface area contributed by atoms with Crippen molar-refractivity contribution in [3.8, 4) is 0 Å². The van der Waals surface area contributed by atoms with Gasteiger partial charge in [-0.25, -0.2) is 0 Å². The molecule has 1 aliphatic heterocycles. The number of nitrogens with zero attached hydrogens (tertiary/aromatic N) is 3. The van der Waals surface area contributed by atoms with E-state index in [9.17, 15) is 4.79 Å². The normalized spacial score (nSPS) is 18.8. The van der Waals surface area contributed by atoms with Gasteiger partial charge in [-0.2, -0.15) is 0 Å². The first-order valence-electron chi connectivity index (χ1n) is 12.1. The molecule has 1 fully saturated rings. The van der Waals surface area contributed by atoms with Gasteiger partial charge >= 0.3 is 0 Å². The van der Waals surface area contributed by atoms with Crippen LogP contribution < -0.4 is 4.90 Å². The molecule has 1 heterocycles. The van der Waals surface area contributed by atoms with Crippen LogP contribution in [0.5, 0.6) is 0 Å². The first-order chi connectivity index (χ1) is 15.1. The molecule has 174 valence electrons. The van der Waals surface area contributed by atoms with Gasteiger partial charge in [0.15, 0.2) is 0 Å². The number of hydrogen-bond acceptors (Lipinski definition) is 3.